The van der Waals surface area contributed by atoms with Gasteiger partial charge in [-0.2, -0.15) is 0 Å². The van der Waals surface area contributed by atoms with Gasteiger partial charge in [-0.1, -0.05) is 50.5 Å². The van der Waals surface area contributed by atoms with Crippen LogP contribution in [0.2, 0.25) is 0 Å². The summed E-state index contributed by atoms with van der Waals surface area (Å²) in [5.41, 5.74) is 2.28. The average Bonchev–Trinajstić information content (AvgIpc) is 2.18. The van der Waals surface area contributed by atoms with Gasteiger partial charge in [0.25, 0.3) is 0 Å². The highest BCUT2D eigenvalue weighted by molar-refractivity contribution is 5.27. The molecule has 1 heteroatoms. The normalized spacial score (nSPS) is 12.8. The number of aryl methyl sites for hydroxylation is 1. The van der Waals surface area contributed by atoms with Crippen molar-refractivity contribution in [2.75, 3.05) is 0 Å². The summed E-state index contributed by atoms with van der Waals surface area (Å²) in [6.45, 7) is 4.23. The number of hydrogen-bond acceptors (Lipinski definition) is 1. The molecule has 0 spiro atoms. The fraction of sp³-hybridized carbons (Fsp3) is 0.538. The molecule has 0 bridgehead atoms. The minimum absolute atomic E-state index is 0.275. The Kier molecular flexibility index (Phi) is 4.68. The van der Waals surface area contributed by atoms with Crippen molar-refractivity contribution in [3.63, 3.8) is 0 Å². The highest BCUT2D eigenvalue weighted by Crippen LogP contribution is 2.22. The Morgan fingerprint density at radius 1 is 1.21 bits per heavy atom. The van der Waals surface area contributed by atoms with E-state index in [-0.39, 0.29) is 6.10 Å². The fourth-order valence-corrected chi connectivity index (χ4v) is 1.70. The molecule has 1 rings (SSSR count). The molecule has 0 aliphatic heterocycles. The molecule has 0 aliphatic rings. The van der Waals surface area contributed by atoms with E-state index in [9.17, 15) is 5.11 Å². The Labute approximate surface area is 86.8 Å². The predicted molar refractivity (Wildman–Crippen MR) is 60.3 cm³/mol. The van der Waals surface area contributed by atoms with Crippen LogP contribution in [-0.2, 0) is 0 Å². The Balaban J connectivity index is 2.51. The second kappa shape index (κ2) is 5.82. The quantitative estimate of drug-likeness (QED) is 0.707. The van der Waals surface area contributed by atoms with Crippen LogP contribution >= 0.6 is 0 Å². The van der Waals surface area contributed by atoms with Gasteiger partial charge in [0.1, 0.15) is 0 Å². The van der Waals surface area contributed by atoms with E-state index in [1.54, 1.807) is 0 Å². The summed E-state index contributed by atoms with van der Waals surface area (Å²) >= 11 is 0. The lowest BCUT2D eigenvalue weighted by Crippen LogP contribution is -1.99. The van der Waals surface area contributed by atoms with Gasteiger partial charge in [-0.05, 0) is 24.5 Å². The number of rotatable bonds is 5. The van der Waals surface area contributed by atoms with Crippen LogP contribution in [0.3, 0.4) is 0 Å². The zero-order chi connectivity index (χ0) is 10.4. The molecule has 1 aromatic carbocycles. The van der Waals surface area contributed by atoms with Gasteiger partial charge in [0.05, 0.1) is 6.10 Å². The number of aliphatic hydroxyl groups excluding tert-OH is 1. The Morgan fingerprint density at radius 3 is 2.57 bits per heavy atom. The van der Waals surface area contributed by atoms with Crippen LogP contribution in [0.5, 0.6) is 0 Å². The predicted octanol–water partition coefficient (Wildman–Crippen LogP) is 3.61. The fourth-order valence-electron chi connectivity index (χ4n) is 1.70. The van der Waals surface area contributed by atoms with Gasteiger partial charge in [-0.25, -0.2) is 0 Å². The van der Waals surface area contributed by atoms with Gasteiger partial charge in [0, 0.05) is 0 Å². The Hall–Kier alpha value is -0.820. The molecule has 14 heavy (non-hydrogen) atoms. The number of unbranched alkanes of at least 4 members (excludes halogenated alkanes) is 2. The van der Waals surface area contributed by atoms with Crippen molar-refractivity contribution in [1.29, 1.82) is 0 Å². The highest BCUT2D eigenvalue weighted by Gasteiger charge is 2.08. The third-order valence-electron chi connectivity index (χ3n) is 2.63. The molecule has 0 radical (unpaired) electrons. The first kappa shape index (κ1) is 11.3. The Morgan fingerprint density at radius 2 is 1.93 bits per heavy atom. The monoisotopic (exact) mass is 192 g/mol. The molecule has 0 amide bonds. The van der Waals surface area contributed by atoms with E-state index in [0.717, 1.165) is 18.4 Å². The molecule has 1 atom stereocenters. The van der Waals surface area contributed by atoms with Gasteiger partial charge < -0.3 is 5.11 Å². The van der Waals surface area contributed by atoms with E-state index in [4.69, 9.17) is 0 Å². The summed E-state index contributed by atoms with van der Waals surface area (Å²) in [6.07, 6.45) is 4.15. The lowest BCUT2D eigenvalue weighted by atomic mass is 9.99. The zero-order valence-corrected chi connectivity index (χ0v) is 9.16. The number of hydrogen-bond donors (Lipinski definition) is 1. The van der Waals surface area contributed by atoms with Crippen molar-refractivity contribution in [2.24, 2.45) is 0 Å². The molecule has 0 unspecified atom stereocenters. The van der Waals surface area contributed by atoms with Crippen molar-refractivity contribution >= 4 is 0 Å². The summed E-state index contributed by atoms with van der Waals surface area (Å²) in [6, 6.07) is 8.08. The minimum atomic E-state index is -0.275. The van der Waals surface area contributed by atoms with Crippen LogP contribution in [0.4, 0.5) is 0 Å². The molecule has 0 aliphatic carbocycles. The minimum Gasteiger partial charge on any atom is -0.388 e. The smallest absolute Gasteiger partial charge is 0.0792 e. The lowest BCUT2D eigenvalue weighted by molar-refractivity contribution is 0.163. The SMILES string of the molecule is CCCCC[C@H](O)c1ccccc1C. The number of aliphatic hydroxyl groups is 1. The maximum atomic E-state index is 9.93. The summed E-state index contributed by atoms with van der Waals surface area (Å²) in [7, 11) is 0. The second-order valence-corrected chi connectivity index (χ2v) is 3.87. The Bertz CT molecular complexity index is 268. The molecule has 1 aromatic rings. The van der Waals surface area contributed by atoms with Crippen molar-refractivity contribution < 1.29 is 5.11 Å². The maximum absolute atomic E-state index is 9.93. The van der Waals surface area contributed by atoms with Crippen molar-refractivity contribution in [2.45, 2.75) is 45.6 Å². The van der Waals surface area contributed by atoms with Crippen molar-refractivity contribution in [3.05, 3.63) is 35.4 Å². The van der Waals surface area contributed by atoms with Crippen molar-refractivity contribution in [3.8, 4) is 0 Å². The van der Waals surface area contributed by atoms with E-state index in [2.05, 4.69) is 19.9 Å². The largest absolute Gasteiger partial charge is 0.388 e. The lowest BCUT2D eigenvalue weighted by Gasteiger charge is -2.12. The van der Waals surface area contributed by atoms with E-state index in [1.807, 2.05) is 18.2 Å². The molecule has 0 aromatic heterocycles. The van der Waals surface area contributed by atoms with Crippen LogP contribution in [0, 0.1) is 6.92 Å². The summed E-state index contributed by atoms with van der Waals surface area (Å²) in [5, 5.41) is 9.93. The third kappa shape index (κ3) is 3.15. The topological polar surface area (TPSA) is 20.2 Å². The molecule has 1 N–H and O–H groups in total. The van der Waals surface area contributed by atoms with Crippen LogP contribution < -0.4 is 0 Å². The zero-order valence-electron chi connectivity index (χ0n) is 9.16. The number of benzene rings is 1. The molecular formula is C13H20O. The summed E-state index contributed by atoms with van der Waals surface area (Å²) < 4.78 is 0. The maximum Gasteiger partial charge on any atom is 0.0792 e. The third-order valence-corrected chi connectivity index (χ3v) is 2.63. The molecular weight excluding hydrogens is 172 g/mol. The molecule has 0 fully saturated rings. The van der Waals surface area contributed by atoms with E-state index in [1.165, 1.54) is 18.4 Å². The van der Waals surface area contributed by atoms with Gasteiger partial charge in [-0.15, -0.1) is 0 Å². The average molecular weight is 192 g/mol. The molecule has 0 heterocycles. The first-order valence-corrected chi connectivity index (χ1v) is 5.49. The van der Waals surface area contributed by atoms with E-state index >= 15 is 0 Å². The molecule has 1 nitrogen and oxygen atoms in total. The molecule has 0 saturated heterocycles. The molecule has 0 saturated carbocycles. The highest BCUT2D eigenvalue weighted by atomic mass is 16.3. The summed E-state index contributed by atoms with van der Waals surface area (Å²) in [5.74, 6) is 0. The van der Waals surface area contributed by atoms with Gasteiger partial charge in [0.15, 0.2) is 0 Å². The first-order chi connectivity index (χ1) is 6.75. The van der Waals surface area contributed by atoms with E-state index in [0.29, 0.717) is 0 Å². The van der Waals surface area contributed by atoms with Crippen molar-refractivity contribution in [1.82, 2.24) is 0 Å². The van der Waals surface area contributed by atoms with Gasteiger partial charge in [0.2, 0.25) is 0 Å². The second-order valence-electron chi connectivity index (χ2n) is 3.87. The van der Waals surface area contributed by atoms with Crippen LogP contribution in [-0.4, -0.2) is 5.11 Å². The van der Waals surface area contributed by atoms with Gasteiger partial charge in [-0.3, -0.25) is 0 Å². The van der Waals surface area contributed by atoms with Crippen LogP contribution in [0.25, 0.3) is 0 Å². The standard InChI is InChI=1S/C13H20O/c1-3-4-5-10-13(14)12-9-7-6-8-11(12)2/h6-9,13-14H,3-5,10H2,1-2H3/t13-/m0/s1. The van der Waals surface area contributed by atoms with Crippen LogP contribution in [0.15, 0.2) is 24.3 Å². The summed E-state index contributed by atoms with van der Waals surface area (Å²) in [4.78, 5) is 0. The van der Waals surface area contributed by atoms with Crippen LogP contribution in [0.1, 0.15) is 49.8 Å². The van der Waals surface area contributed by atoms with E-state index < -0.39 is 0 Å². The van der Waals surface area contributed by atoms with Gasteiger partial charge >= 0.3 is 0 Å². The molecule has 78 valence electrons. The first-order valence-electron chi connectivity index (χ1n) is 5.49.